The van der Waals surface area contributed by atoms with Crippen LogP contribution in [0.5, 0.6) is 5.75 Å². The van der Waals surface area contributed by atoms with Crippen molar-refractivity contribution in [2.75, 3.05) is 29.8 Å². The van der Waals surface area contributed by atoms with Crippen molar-refractivity contribution >= 4 is 46.6 Å². The zero-order chi connectivity index (χ0) is 22.2. The van der Waals surface area contributed by atoms with Gasteiger partial charge in [-0.15, -0.1) is 0 Å². The minimum Gasteiger partial charge on any atom is -0.497 e. The van der Waals surface area contributed by atoms with Gasteiger partial charge in [-0.3, -0.25) is 14.9 Å². The third-order valence-corrected chi connectivity index (χ3v) is 7.02. The van der Waals surface area contributed by atoms with Crippen LogP contribution in [0.3, 0.4) is 0 Å². The molecule has 2 aromatic carbocycles. The number of rotatable bonds is 6. The van der Waals surface area contributed by atoms with Crippen LogP contribution in [0.15, 0.2) is 36.4 Å². The van der Waals surface area contributed by atoms with Gasteiger partial charge >= 0.3 is 0 Å². The van der Waals surface area contributed by atoms with E-state index in [9.17, 15) is 9.59 Å². The van der Waals surface area contributed by atoms with Crippen LogP contribution in [0.4, 0.5) is 11.4 Å². The van der Waals surface area contributed by atoms with Gasteiger partial charge in [0.1, 0.15) is 11.3 Å². The summed E-state index contributed by atoms with van der Waals surface area (Å²) in [5, 5.41) is 9.94. The summed E-state index contributed by atoms with van der Waals surface area (Å²) in [4.78, 5) is 26.8. The predicted octanol–water partition coefficient (Wildman–Crippen LogP) is 4.17. The fourth-order valence-electron chi connectivity index (χ4n) is 4.60. The molecule has 0 aromatic heterocycles. The molecule has 2 aliphatic rings. The normalized spacial score (nSPS) is 24.2. The molecule has 2 aromatic rings. The predicted molar refractivity (Wildman–Crippen MR) is 126 cm³/mol. The molecule has 6 nitrogen and oxygen atoms in total. The molecule has 1 fully saturated rings. The maximum Gasteiger partial charge on any atom is 0.250 e. The van der Waals surface area contributed by atoms with Gasteiger partial charge in [0, 0.05) is 17.3 Å². The number of hydrogen-bond donors (Lipinski definition) is 3. The first-order chi connectivity index (χ1) is 14.9. The number of ether oxygens (including phenoxy) is 1. The van der Waals surface area contributed by atoms with Gasteiger partial charge in [0.05, 0.1) is 23.7 Å². The van der Waals surface area contributed by atoms with Crippen LogP contribution in [0.1, 0.15) is 24.0 Å². The van der Waals surface area contributed by atoms with Gasteiger partial charge in [0.2, 0.25) is 11.8 Å². The van der Waals surface area contributed by atoms with Crippen LogP contribution in [0.25, 0.3) is 0 Å². The third-order valence-electron chi connectivity index (χ3n) is 6.08. The maximum absolute atomic E-state index is 13.5. The summed E-state index contributed by atoms with van der Waals surface area (Å²) >= 11 is 8.20. The molecular formula is C23H26ClN3O3S. The van der Waals surface area contributed by atoms with E-state index in [1.165, 1.54) is 0 Å². The lowest BCUT2D eigenvalue weighted by Gasteiger charge is -2.29. The first-order valence-corrected chi connectivity index (χ1v) is 12.0. The van der Waals surface area contributed by atoms with Crippen LogP contribution in [-0.2, 0) is 15.1 Å². The molecule has 0 saturated carbocycles. The van der Waals surface area contributed by atoms with Crippen molar-refractivity contribution in [1.82, 2.24) is 5.32 Å². The molecule has 2 amide bonds. The molecule has 3 N–H and O–H groups in total. The van der Waals surface area contributed by atoms with Crippen molar-refractivity contribution in [2.45, 2.75) is 31.3 Å². The van der Waals surface area contributed by atoms with E-state index in [1.807, 2.05) is 19.1 Å². The molecule has 0 radical (unpaired) electrons. The largest absolute Gasteiger partial charge is 0.497 e. The monoisotopic (exact) mass is 459 g/mol. The van der Waals surface area contributed by atoms with Crippen LogP contribution in [0, 0.1) is 12.8 Å². The Hall–Kier alpha value is -2.22. The van der Waals surface area contributed by atoms with Gasteiger partial charge in [-0.05, 0) is 67.7 Å². The van der Waals surface area contributed by atoms with Crippen LogP contribution < -0.4 is 20.7 Å². The Bertz CT molecular complexity index is 1010. The molecular weight excluding hydrogens is 434 g/mol. The molecule has 164 valence electrons. The summed E-state index contributed by atoms with van der Waals surface area (Å²) < 4.78 is 5.19. The Morgan fingerprint density at radius 1 is 1.32 bits per heavy atom. The number of fused-ring (bicyclic) bond motifs is 2. The lowest BCUT2D eigenvalue weighted by Crippen LogP contribution is -2.52. The molecule has 1 saturated heterocycles. The zero-order valence-corrected chi connectivity index (χ0v) is 19.3. The number of nitrogens with one attached hydrogen (secondary N) is 3. The molecule has 0 aliphatic carbocycles. The van der Waals surface area contributed by atoms with Crippen LogP contribution >= 0.6 is 23.4 Å². The topological polar surface area (TPSA) is 79.5 Å². The number of hydrogen-bond acceptors (Lipinski definition) is 5. The number of halogens is 1. The smallest absolute Gasteiger partial charge is 0.250 e. The first kappa shape index (κ1) is 22.0. The van der Waals surface area contributed by atoms with E-state index in [-0.39, 0.29) is 17.9 Å². The lowest BCUT2D eigenvalue weighted by molar-refractivity contribution is -0.130. The number of benzene rings is 2. The van der Waals surface area contributed by atoms with Gasteiger partial charge in [0.15, 0.2) is 0 Å². The average Bonchev–Trinajstić information content (AvgIpc) is 3.27. The highest BCUT2D eigenvalue weighted by Crippen LogP contribution is 2.50. The molecule has 3 unspecified atom stereocenters. The Balaban J connectivity index is 1.71. The average molecular weight is 460 g/mol. The van der Waals surface area contributed by atoms with E-state index in [1.54, 1.807) is 43.1 Å². The van der Waals surface area contributed by atoms with Crippen LogP contribution in [-0.4, -0.2) is 37.0 Å². The summed E-state index contributed by atoms with van der Waals surface area (Å²) in [6.45, 7) is 1.94. The summed E-state index contributed by atoms with van der Waals surface area (Å²) in [7, 11) is 1.60. The summed E-state index contributed by atoms with van der Waals surface area (Å²) in [5.74, 6) is 0.675. The number of carbonyl (C=O) groups excluding carboxylic acids is 2. The van der Waals surface area contributed by atoms with E-state index in [4.69, 9.17) is 16.3 Å². The van der Waals surface area contributed by atoms with Gasteiger partial charge < -0.3 is 15.4 Å². The number of methoxy groups -OCH3 is 1. The fraction of sp³-hybridized carbons (Fsp3) is 0.391. The van der Waals surface area contributed by atoms with Gasteiger partial charge in [0.25, 0.3) is 0 Å². The highest BCUT2D eigenvalue weighted by Gasteiger charge is 2.60. The summed E-state index contributed by atoms with van der Waals surface area (Å²) in [6.07, 6.45) is 3.50. The molecule has 0 bridgehead atoms. The minimum absolute atomic E-state index is 0.0510. The number of carbonyl (C=O) groups is 2. The minimum atomic E-state index is -1.13. The van der Waals surface area contributed by atoms with E-state index in [2.05, 4.69) is 22.2 Å². The Kier molecular flexibility index (Phi) is 6.19. The number of aryl methyl sites for hydroxylation is 1. The standard InChI is InChI=1S/C23H26ClN3O3S/c1-13-10-17-20(19(24)11-13)26-22(29)23(17)18(12-15(27-23)8-9-31-3)21(28)25-14-4-6-16(30-2)7-5-14/h4-7,10-11,15,18,27H,8-9,12H2,1-3H3,(H,25,28)(H,26,29). The number of thioether (sulfide) groups is 1. The molecule has 2 heterocycles. The van der Waals surface area contributed by atoms with Crippen molar-refractivity contribution in [3.05, 3.63) is 52.5 Å². The molecule has 3 atom stereocenters. The van der Waals surface area contributed by atoms with Gasteiger partial charge in [-0.25, -0.2) is 0 Å². The van der Waals surface area contributed by atoms with E-state index in [0.29, 0.717) is 28.6 Å². The van der Waals surface area contributed by atoms with E-state index >= 15 is 0 Å². The summed E-state index contributed by atoms with van der Waals surface area (Å²) in [6, 6.07) is 11.0. The van der Waals surface area contributed by atoms with Crippen molar-refractivity contribution in [1.29, 1.82) is 0 Å². The van der Waals surface area contributed by atoms with Crippen molar-refractivity contribution < 1.29 is 14.3 Å². The number of anilines is 2. The second kappa shape index (κ2) is 8.73. The second-order valence-corrected chi connectivity index (χ2v) is 9.45. The molecule has 8 heteroatoms. The molecule has 1 spiro atoms. The highest BCUT2D eigenvalue weighted by atomic mass is 35.5. The number of amides is 2. The van der Waals surface area contributed by atoms with E-state index < -0.39 is 11.5 Å². The molecule has 31 heavy (non-hydrogen) atoms. The second-order valence-electron chi connectivity index (χ2n) is 8.06. The molecule has 2 aliphatic heterocycles. The Morgan fingerprint density at radius 3 is 2.74 bits per heavy atom. The Labute approximate surface area is 191 Å². The van der Waals surface area contributed by atoms with Crippen LogP contribution in [0.2, 0.25) is 5.02 Å². The maximum atomic E-state index is 13.5. The quantitative estimate of drug-likeness (QED) is 0.604. The van der Waals surface area contributed by atoms with Crippen molar-refractivity contribution in [3.8, 4) is 5.75 Å². The Morgan fingerprint density at radius 2 is 2.06 bits per heavy atom. The first-order valence-electron chi connectivity index (χ1n) is 10.2. The van der Waals surface area contributed by atoms with E-state index in [0.717, 1.165) is 23.3 Å². The SMILES string of the molecule is COc1ccc(NC(=O)C2CC(CCSC)NC23C(=O)Nc2c(Cl)cc(C)cc23)cc1. The molecule has 4 rings (SSSR count). The van der Waals surface area contributed by atoms with Gasteiger partial charge in [-0.2, -0.15) is 11.8 Å². The third kappa shape index (κ3) is 3.90. The summed E-state index contributed by atoms with van der Waals surface area (Å²) in [5.41, 5.74) is 1.82. The highest BCUT2D eigenvalue weighted by molar-refractivity contribution is 7.98. The van der Waals surface area contributed by atoms with Gasteiger partial charge in [-0.1, -0.05) is 17.7 Å². The lowest BCUT2D eigenvalue weighted by atomic mass is 9.79. The van der Waals surface area contributed by atoms with Crippen molar-refractivity contribution in [3.63, 3.8) is 0 Å². The zero-order valence-electron chi connectivity index (χ0n) is 17.8. The fourth-order valence-corrected chi connectivity index (χ4v) is 5.45. The van der Waals surface area contributed by atoms with Crippen molar-refractivity contribution in [2.24, 2.45) is 5.92 Å².